The molecule has 0 unspecified atom stereocenters. The largest absolute Gasteiger partial charge is 0.429 e. The number of hydrogen-bond acceptors (Lipinski definition) is 2. The van der Waals surface area contributed by atoms with Gasteiger partial charge in [0.05, 0.1) is 5.56 Å². The second-order valence-corrected chi connectivity index (χ2v) is 11.5. The van der Waals surface area contributed by atoms with Gasteiger partial charge in [-0.15, -0.1) is 0 Å². The Morgan fingerprint density at radius 1 is 0.805 bits per heavy atom. The first-order valence-corrected chi connectivity index (χ1v) is 14.6. The van der Waals surface area contributed by atoms with Gasteiger partial charge in [0.25, 0.3) is 0 Å². The summed E-state index contributed by atoms with van der Waals surface area (Å²) in [6.45, 7) is 2.24. The highest BCUT2D eigenvalue weighted by Gasteiger charge is 2.36. The molecule has 41 heavy (non-hydrogen) atoms. The standard InChI is InChI=1S/C32H37F7O2/c1-2-3-4-5-20-6-8-21(9-7-20)22-10-12-23(13-11-22)24-14-16-25(17-15-24)32(38,39)41-26-18-27(33)29(28(34)19-26)40-31(37)30(35)36/h14-23H,2-13H2,1H3. The van der Waals surface area contributed by atoms with E-state index in [1.807, 2.05) is 0 Å². The SMILES string of the molecule is CCCCCC1CCC(C2CCC(c3ccc(C(F)(F)Oc4cc(F)c(OC(F)=C(F)F)c(F)c4)cc3)CC2)CC1. The van der Waals surface area contributed by atoms with Crippen LogP contribution in [0.5, 0.6) is 11.5 Å². The molecule has 2 saturated carbocycles. The predicted molar refractivity (Wildman–Crippen MR) is 143 cm³/mol. The summed E-state index contributed by atoms with van der Waals surface area (Å²) in [6, 6.07) is 3.85. The quantitative estimate of drug-likeness (QED) is 0.148. The van der Waals surface area contributed by atoms with Crippen LogP contribution in [0.15, 0.2) is 48.5 Å². The normalized spacial score (nSPS) is 23.2. The number of hydrogen-bond donors (Lipinski definition) is 0. The summed E-state index contributed by atoms with van der Waals surface area (Å²) in [5.74, 6) is -3.06. The Kier molecular flexibility index (Phi) is 10.6. The van der Waals surface area contributed by atoms with E-state index in [1.54, 1.807) is 12.1 Å². The van der Waals surface area contributed by atoms with Gasteiger partial charge in [-0.2, -0.15) is 22.0 Å². The molecule has 0 radical (unpaired) electrons. The van der Waals surface area contributed by atoms with Crippen molar-refractivity contribution in [1.82, 2.24) is 0 Å². The van der Waals surface area contributed by atoms with E-state index < -0.39 is 46.9 Å². The molecule has 0 spiro atoms. The molecule has 0 aromatic heterocycles. The third-order valence-electron chi connectivity index (χ3n) is 8.82. The van der Waals surface area contributed by atoms with Crippen LogP contribution in [0.1, 0.15) is 101 Å². The molecule has 0 atom stereocenters. The van der Waals surface area contributed by atoms with Crippen LogP contribution in [-0.2, 0) is 6.11 Å². The van der Waals surface area contributed by atoms with Gasteiger partial charge in [-0.25, -0.2) is 8.78 Å². The zero-order chi connectivity index (χ0) is 29.6. The van der Waals surface area contributed by atoms with Gasteiger partial charge in [-0.3, -0.25) is 0 Å². The Balaban J connectivity index is 1.30. The van der Waals surface area contributed by atoms with Crippen molar-refractivity contribution in [2.45, 2.75) is 96.0 Å². The fourth-order valence-electron chi connectivity index (χ4n) is 6.53. The average molecular weight is 587 g/mol. The first-order valence-electron chi connectivity index (χ1n) is 14.6. The van der Waals surface area contributed by atoms with E-state index in [4.69, 9.17) is 0 Å². The van der Waals surface area contributed by atoms with Crippen LogP contribution in [0, 0.1) is 29.4 Å². The molecule has 226 valence electrons. The molecule has 2 nitrogen and oxygen atoms in total. The molecule has 2 aromatic rings. The van der Waals surface area contributed by atoms with Gasteiger partial charge in [0.1, 0.15) is 5.75 Å². The number of alkyl halides is 2. The topological polar surface area (TPSA) is 18.5 Å². The van der Waals surface area contributed by atoms with Crippen LogP contribution < -0.4 is 9.47 Å². The van der Waals surface area contributed by atoms with Crippen molar-refractivity contribution < 1.29 is 40.2 Å². The minimum atomic E-state index is -3.94. The summed E-state index contributed by atoms with van der Waals surface area (Å²) in [4.78, 5) is 0. The lowest BCUT2D eigenvalue weighted by molar-refractivity contribution is -0.185. The zero-order valence-electron chi connectivity index (χ0n) is 23.2. The highest BCUT2D eigenvalue weighted by molar-refractivity contribution is 5.36. The Hall–Kier alpha value is -2.71. The van der Waals surface area contributed by atoms with Crippen molar-refractivity contribution in [2.24, 2.45) is 17.8 Å². The molecule has 0 N–H and O–H groups in total. The fourth-order valence-corrected chi connectivity index (χ4v) is 6.53. The molecule has 0 saturated heterocycles. The minimum absolute atomic E-state index is 0.291. The zero-order valence-corrected chi connectivity index (χ0v) is 23.2. The number of halogens is 7. The van der Waals surface area contributed by atoms with Gasteiger partial charge < -0.3 is 9.47 Å². The van der Waals surface area contributed by atoms with E-state index in [-0.39, 0.29) is 0 Å². The van der Waals surface area contributed by atoms with E-state index in [0.29, 0.717) is 18.1 Å². The lowest BCUT2D eigenvalue weighted by Crippen LogP contribution is -2.25. The summed E-state index contributed by atoms with van der Waals surface area (Å²) in [5, 5.41) is 0. The van der Waals surface area contributed by atoms with E-state index >= 15 is 0 Å². The lowest BCUT2D eigenvalue weighted by Gasteiger charge is -2.38. The van der Waals surface area contributed by atoms with Gasteiger partial charge >= 0.3 is 18.2 Å². The summed E-state index contributed by atoms with van der Waals surface area (Å²) in [7, 11) is 0. The van der Waals surface area contributed by atoms with Crippen molar-refractivity contribution >= 4 is 0 Å². The maximum Gasteiger partial charge on any atom is 0.426 e. The highest BCUT2D eigenvalue weighted by Crippen LogP contribution is 2.45. The van der Waals surface area contributed by atoms with E-state index in [9.17, 15) is 30.7 Å². The molecule has 9 heteroatoms. The molecule has 2 fully saturated rings. The van der Waals surface area contributed by atoms with Crippen molar-refractivity contribution in [2.75, 3.05) is 0 Å². The van der Waals surface area contributed by atoms with Gasteiger partial charge in [0, 0.05) is 12.1 Å². The molecule has 0 bridgehead atoms. The molecule has 2 aliphatic carbocycles. The van der Waals surface area contributed by atoms with Gasteiger partial charge in [0.2, 0.25) is 5.75 Å². The molecular formula is C32H37F7O2. The summed E-state index contributed by atoms with van der Waals surface area (Å²) >= 11 is 0. The third-order valence-corrected chi connectivity index (χ3v) is 8.82. The van der Waals surface area contributed by atoms with E-state index in [2.05, 4.69) is 16.4 Å². The lowest BCUT2D eigenvalue weighted by atomic mass is 9.68. The Morgan fingerprint density at radius 2 is 1.37 bits per heavy atom. The molecule has 4 rings (SSSR count). The van der Waals surface area contributed by atoms with Crippen molar-refractivity contribution in [3.63, 3.8) is 0 Å². The van der Waals surface area contributed by atoms with Crippen molar-refractivity contribution in [1.29, 1.82) is 0 Å². The first-order chi connectivity index (χ1) is 19.6. The highest BCUT2D eigenvalue weighted by atomic mass is 19.3. The minimum Gasteiger partial charge on any atom is -0.429 e. The van der Waals surface area contributed by atoms with Gasteiger partial charge in [-0.05, 0) is 79.9 Å². The van der Waals surface area contributed by atoms with Crippen LogP contribution in [0.25, 0.3) is 0 Å². The average Bonchev–Trinajstić information content (AvgIpc) is 2.95. The predicted octanol–water partition coefficient (Wildman–Crippen LogP) is 11.2. The van der Waals surface area contributed by atoms with Crippen LogP contribution in [-0.4, -0.2) is 0 Å². The molecule has 2 aliphatic rings. The van der Waals surface area contributed by atoms with Crippen molar-refractivity contribution in [3.05, 3.63) is 71.3 Å². The number of ether oxygens (including phenoxy) is 2. The second-order valence-electron chi connectivity index (χ2n) is 11.5. The molecule has 2 aromatic carbocycles. The summed E-state index contributed by atoms with van der Waals surface area (Å²) in [6.07, 6.45) is 8.10. The van der Waals surface area contributed by atoms with E-state index in [1.165, 1.54) is 63.5 Å². The van der Waals surface area contributed by atoms with Gasteiger partial charge in [0.15, 0.2) is 11.6 Å². The Labute approximate surface area is 236 Å². The number of unbranched alkanes of at least 4 members (excludes halogenated alkanes) is 2. The van der Waals surface area contributed by atoms with Crippen LogP contribution in [0.2, 0.25) is 0 Å². The number of benzene rings is 2. The molecular weight excluding hydrogens is 549 g/mol. The Morgan fingerprint density at radius 3 is 1.90 bits per heavy atom. The first kappa shape index (κ1) is 31.2. The molecule has 0 aliphatic heterocycles. The smallest absolute Gasteiger partial charge is 0.426 e. The van der Waals surface area contributed by atoms with E-state index in [0.717, 1.165) is 49.0 Å². The summed E-state index contributed by atoms with van der Waals surface area (Å²) in [5.41, 5.74) is 0.455. The Bertz CT molecular complexity index is 1140. The van der Waals surface area contributed by atoms with Crippen molar-refractivity contribution in [3.8, 4) is 11.5 Å². The van der Waals surface area contributed by atoms with Crippen LogP contribution in [0.4, 0.5) is 30.7 Å². The number of rotatable bonds is 11. The second kappa shape index (κ2) is 14.0. The fraction of sp³-hybridized carbons (Fsp3) is 0.562. The maximum absolute atomic E-state index is 14.8. The van der Waals surface area contributed by atoms with Crippen LogP contribution >= 0.6 is 0 Å². The molecule has 0 amide bonds. The molecule has 0 heterocycles. The van der Waals surface area contributed by atoms with Gasteiger partial charge in [-0.1, -0.05) is 57.6 Å². The third kappa shape index (κ3) is 8.19. The monoisotopic (exact) mass is 586 g/mol. The summed E-state index contributed by atoms with van der Waals surface area (Å²) < 4.78 is 103. The van der Waals surface area contributed by atoms with Crippen LogP contribution in [0.3, 0.4) is 0 Å². The maximum atomic E-state index is 14.8.